The predicted octanol–water partition coefficient (Wildman–Crippen LogP) is 1.11. The number of hydrogen-bond acceptors (Lipinski definition) is 3. The molecule has 0 fully saturated rings. The monoisotopic (exact) mass is 220 g/mol. The van der Waals surface area contributed by atoms with Crippen LogP contribution in [0.2, 0.25) is 0 Å². The molecule has 0 aliphatic rings. The highest BCUT2D eigenvalue weighted by Gasteiger charge is 2.19. The molecule has 0 amide bonds. The van der Waals surface area contributed by atoms with E-state index in [0.29, 0.717) is 5.56 Å². The number of carbonyl (C=O) groups is 1. The fraction of sp³-hybridized carbons (Fsp3) is 0.273. The molecular formula is C11H12N2O3. The number of aliphatic carboxylic acids is 1. The van der Waals surface area contributed by atoms with Gasteiger partial charge in [0.2, 0.25) is 0 Å². The van der Waals surface area contributed by atoms with Crippen molar-refractivity contribution in [2.75, 3.05) is 6.61 Å². The van der Waals surface area contributed by atoms with E-state index in [-0.39, 0.29) is 13.0 Å². The number of fused-ring (bicyclic) bond motifs is 1. The van der Waals surface area contributed by atoms with E-state index in [9.17, 15) is 4.79 Å². The number of aliphatic hydroxyl groups is 1. The number of aromatic nitrogens is 2. The van der Waals surface area contributed by atoms with Gasteiger partial charge in [-0.3, -0.25) is 4.79 Å². The summed E-state index contributed by atoms with van der Waals surface area (Å²) in [5.74, 6) is -1.59. The third-order valence-electron chi connectivity index (χ3n) is 2.56. The Balaban J connectivity index is 2.39. The molecule has 1 atom stereocenters. The molecular weight excluding hydrogens is 208 g/mol. The van der Waals surface area contributed by atoms with E-state index in [0.717, 1.165) is 11.0 Å². The molecule has 1 aromatic heterocycles. The topological polar surface area (TPSA) is 86.2 Å². The molecule has 2 rings (SSSR count). The van der Waals surface area contributed by atoms with Gasteiger partial charge in [-0.15, -0.1) is 0 Å². The third kappa shape index (κ3) is 1.90. The Morgan fingerprint density at radius 3 is 3.00 bits per heavy atom. The zero-order chi connectivity index (χ0) is 11.5. The van der Waals surface area contributed by atoms with Crippen LogP contribution in [-0.4, -0.2) is 32.8 Å². The van der Waals surface area contributed by atoms with Gasteiger partial charge in [-0.2, -0.15) is 0 Å². The summed E-state index contributed by atoms with van der Waals surface area (Å²) in [5.41, 5.74) is 2.29. The average molecular weight is 220 g/mol. The minimum absolute atomic E-state index is 0.141. The SMILES string of the molecule is O=C(O)C(CCO)c1ccc2nc[nH]c2c1. The minimum Gasteiger partial charge on any atom is -0.481 e. The average Bonchev–Trinajstić information content (AvgIpc) is 2.72. The van der Waals surface area contributed by atoms with Gasteiger partial charge < -0.3 is 15.2 Å². The van der Waals surface area contributed by atoms with E-state index in [1.807, 2.05) is 0 Å². The Bertz CT molecular complexity index is 507. The Morgan fingerprint density at radius 1 is 1.50 bits per heavy atom. The number of benzene rings is 1. The molecule has 1 unspecified atom stereocenters. The molecule has 5 nitrogen and oxygen atoms in total. The molecule has 0 aliphatic heterocycles. The lowest BCUT2D eigenvalue weighted by Crippen LogP contribution is -2.13. The van der Waals surface area contributed by atoms with Gasteiger partial charge in [-0.1, -0.05) is 6.07 Å². The fourth-order valence-corrected chi connectivity index (χ4v) is 1.73. The highest BCUT2D eigenvalue weighted by Crippen LogP contribution is 2.22. The highest BCUT2D eigenvalue weighted by atomic mass is 16.4. The van der Waals surface area contributed by atoms with Gasteiger partial charge >= 0.3 is 5.97 Å². The summed E-state index contributed by atoms with van der Waals surface area (Å²) < 4.78 is 0. The number of imidazole rings is 1. The fourth-order valence-electron chi connectivity index (χ4n) is 1.73. The number of rotatable bonds is 4. The van der Waals surface area contributed by atoms with Crippen molar-refractivity contribution in [3.63, 3.8) is 0 Å². The second-order valence-corrected chi connectivity index (χ2v) is 3.58. The van der Waals surface area contributed by atoms with E-state index in [1.165, 1.54) is 0 Å². The van der Waals surface area contributed by atoms with Crippen LogP contribution in [0.25, 0.3) is 11.0 Å². The highest BCUT2D eigenvalue weighted by molar-refractivity contribution is 5.80. The molecule has 0 aliphatic carbocycles. The number of nitrogens with zero attached hydrogens (tertiary/aromatic N) is 1. The Labute approximate surface area is 91.8 Å². The van der Waals surface area contributed by atoms with Crippen molar-refractivity contribution in [1.82, 2.24) is 9.97 Å². The molecule has 1 heterocycles. The maximum Gasteiger partial charge on any atom is 0.311 e. The maximum absolute atomic E-state index is 11.0. The van der Waals surface area contributed by atoms with Crippen molar-refractivity contribution in [2.45, 2.75) is 12.3 Å². The van der Waals surface area contributed by atoms with Crippen LogP contribution in [0.5, 0.6) is 0 Å². The third-order valence-corrected chi connectivity index (χ3v) is 2.56. The predicted molar refractivity (Wildman–Crippen MR) is 58.2 cm³/mol. The summed E-state index contributed by atoms with van der Waals surface area (Å²) in [6.07, 6.45) is 1.78. The van der Waals surface area contributed by atoms with Gasteiger partial charge in [-0.25, -0.2) is 4.98 Å². The van der Waals surface area contributed by atoms with Crippen LogP contribution < -0.4 is 0 Å². The van der Waals surface area contributed by atoms with Crippen LogP contribution in [0.4, 0.5) is 0 Å². The van der Waals surface area contributed by atoms with Crippen LogP contribution >= 0.6 is 0 Å². The summed E-state index contributed by atoms with van der Waals surface area (Å²) in [7, 11) is 0. The zero-order valence-corrected chi connectivity index (χ0v) is 8.55. The van der Waals surface area contributed by atoms with Crippen molar-refractivity contribution in [3.05, 3.63) is 30.1 Å². The number of hydrogen-bond donors (Lipinski definition) is 3. The lowest BCUT2D eigenvalue weighted by Gasteiger charge is -2.10. The molecule has 16 heavy (non-hydrogen) atoms. The molecule has 5 heteroatoms. The van der Waals surface area contributed by atoms with Crippen molar-refractivity contribution in [3.8, 4) is 0 Å². The van der Waals surface area contributed by atoms with E-state index < -0.39 is 11.9 Å². The lowest BCUT2D eigenvalue weighted by molar-refractivity contribution is -0.139. The molecule has 2 aromatic rings. The van der Waals surface area contributed by atoms with Crippen LogP contribution in [0.15, 0.2) is 24.5 Å². The number of aliphatic hydroxyl groups excluding tert-OH is 1. The molecule has 0 saturated heterocycles. The van der Waals surface area contributed by atoms with Crippen molar-refractivity contribution in [1.29, 1.82) is 0 Å². The maximum atomic E-state index is 11.0. The first kappa shape index (κ1) is 10.6. The van der Waals surface area contributed by atoms with Gasteiger partial charge in [0.1, 0.15) is 0 Å². The van der Waals surface area contributed by atoms with Crippen molar-refractivity contribution < 1.29 is 15.0 Å². The summed E-state index contributed by atoms with van der Waals surface area (Å²) in [6, 6.07) is 5.27. The van der Waals surface area contributed by atoms with E-state index in [4.69, 9.17) is 10.2 Å². The summed E-state index contributed by atoms with van der Waals surface area (Å²) in [4.78, 5) is 18.0. The van der Waals surface area contributed by atoms with Crippen molar-refractivity contribution >= 4 is 17.0 Å². The first-order valence-corrected chi connectivity index (χ1v) is 4.99. The molecule has 0 spiro atoms. The first-order valence-electron chi connectivity index (χ1n) is 4.99. The van der Waals surface area contributed by atoms with Crippen LogP contribution in [-0.2, 0) is 4.79 Å². The Morgan fingerprint density at radius 2 is 2.31 bits per heavy atom. The summed E-state index contributed by atoms with van der Waals surface area (Å²) >= 11 is 0. The van der Waals surface area contributed by atoms with Gasteiger partial charge in [0.15, 0.2) is 0 Å². The molecule has 0 radical (unpaired) electrons. The zero-order valence-electron chi connectivity index (χ0n) is 8.55. The van der Waals surface area contributed by atoms with Crippen LogP contribution in [0.3, 0.4) is 0 Å². The van der Waals surface area contributed by atoms with Gasteiger partial charge in [-0.05, 0) is 24.1 Å². The second kappa shape index (κ2) is 4.32. The van der Waals surface area contributed by atoms with Crippen LogP contribution in [0, 0.1) is 0 Å². The van der Waals surface area contributed by atoms with E-state index in [2.05, 4.69) is 9.97 Å². The van der Waals surface area contributed by atoms with Crippen molar-refractivity contribution in [2.24, 2.45) is 0 Å². The number of aromatic amines is 1. The van der Waals surface area contributed by atoms with Crippen LogP contribution in [0.1, 0.15) is 17.9 Å². The largest absolute Gasteiger partial charge is 0.481 e. The normalized spacial score (nSPS) is 12.8. The van der Waals surface area contributed by atoms with E-state index in [1.54, 1.807) is 24.5 Å². The Kier molecular flexibility index (Phi) is 2.87. The number of H-pyrrole nitrogens is 1. The standard InChI is InChI=1S/C11H12N2O3/c14-4-3-8(11(15)16)7-1-2-9-10(5-7)13-6-12-9/h1-2,5-6,8,14H,3-4H2,(H,12,13)(H,15,16). The first-order chi connectivity index (χ1) is 7.72. The summed E-state index contributed by atoms with van der Waals surface area (Å²) in [6.45, 7) is -0.141. The van der Waals surface area contributed by atoms with Gasteiger partial charge in [0, 0.05) is 6.61 Å². The molecule has 0 saturated carbocycles. The van der Waals surface area contributed by atoms with Gasteiger partial charge in [0.05, 0.1) is 23.3 Å². The van der Waals surface area contributed by atoms with Gasteiger partial charge in [0.25, 0.3) is 0 Å². The number of carboxylic acids is 1. The number of nitrogens with one attached hydrogen (secondary N) is 1. The smallest absolute Gasteiger partial charge is 0.311 e. The second-order valence-electron chi connectivity index (χ2n) is 3.58. The molecule has 3 N–H and O–H groups in total. The van der Waals surface area contributed by atoms with E-state index >= 15 is 0 Å². The molecule has 1 aromatic carbocycles. The lowest BCUT2D eigenvalue weighted by atomic mass is 9.96. The quantitative estimate of drug-likeness (QED) is 0.720. The molecule has 0 bridgehead atoms. The number of carboxylic acid groups (broad SMARTS) is 1. The molecule has 84 valence electrons. The minimum atomic E-state index is -0.923. The Hall–Kier alpha value is -1.88. The summed E-state index contributed by atoms with van der Waals surface area (Å²) in [5, 5.41) is 17.9.